The zero-order valence-corrected chi connectivity index (χ0v) is 8.62. The Balaban J connectivity index is 2.16. The van der Waals surface area contributed by atoms with Gasteiger partial charge in [-0.25, -0.2) is 4.79 Å². The number of nitrogens with one attached hydrogen (secondary N) is 2. The molecule has 0 bridgehead atoms. The Hall–Kier alpha value is -1.55. The van der Waals surface area contributed by atoms with Crippen LogP contribution in [0.3, 0.4) is 0 Å². The molecule has 1 aliphatic rings. The summed E-state index contributed by atoms with van der Waals surface area (Å²) in [5, 5.41) is 6.46. The van der Waals surface area contributed by atoms with Crippen molar-refractivity contribution in [3.8, 4) is 0 Å². The van der Waals surface area contributed by atoms with E-state index in [1.807, 2.05) is 18.2 Å². The van der Waals surface area contributed by atoms with Gasteiger partial charge in [-0.2, -0.15) is 0 Å². The van der Waals surface area contributed by atoms with Crippen LogP contribution in [0.5, 0.6) is 0 Å². The van der Waals surface area contributed by atoms with Crippen LogP contribution in [0.4, 0.5) is 5.69 Å². The molecule has 0 unspecified atom stereocenters. The van der Waals surface area contributed by atoms with Crippen molar-refractivity contribution in [2.45, 2.75) is 6.04 Å². The molecule has 0 spiro atoms. The fourth-order valence-electron chi connectivity index (χ4n) is 1.51. The highest BCUT2D eigenvalue weighted by atomic mass is 16.5. The number of esters is 1. The van der Waals surface area contributed by atoms with Crippen LogP contribution < -0.4 is 10.6 Å². The molecule has 1 fully saturated rings. The van der Waals surface area contributed by atoms with Gasteiger partial charge in [-0.3, -0.25) is 0 Å². The highest BCUT2D eigenvalue weighted by molar-refractivity contribution is 5.95. The number of rotatable bonds is 3. The van der Waals surface area contributed by atoms with Crippen LogP contribution in [0.1, 0.15) is 10.4 Å². The van der Waals surface area contributed by atoms with Crippen molar-refractivity contribution in [1.29, 1.82) is 0 Å². The molecule has 0 aliphatic carbocycles. The van der Waals surface area contributed by atoms with Gasteiger partial charge in [0.05, 0.1) is 18.7 Å². The van der Waals surface area contributed by atoms with Gasteiger partial charge in [0, 0.05) is 18.8 Å². The number of ether oxygens (including phenoxy) is 1. The van der Waals surface area contributed by atoms with Crippen molar-refractivity contribution in [1.82, 2.24) is 5.32 Å². The van der Waals surface area contributed by atoms with E-state index in [4.69, 9.17) is 4.74 Å². The largest absolute Gasteiger partial charge is 0.465 e. The summed E-state index contributed by atoms with van der Waals surface area (Å²) in [7, 11) is 1.39. The van der Waals surface area contributed by atoms with Gasteiger partial charge in [0.2, 0.25) is 0 Å². The van der Waals surface area contributed by atoms with Crippen LogP contribution in [0.2, 0.25) is 0 Å². The van der Waals surface area contributed by atoms with Crippen LogP contribution in [-0.2, 0) is 4.74 Å². The second-order valence-electron chi connectivity index (χ2n) is 3.54. The molecule has 15 heavy (non-hydrogen) atoms. The topological polar surface area (TPSA) is 50.4 Å². The average molecular weight is 206 g/mol. The number of hydrogen-bond donors (Lipinski definition) is 2. The van der Waals surface area contributed by atoms with E-state index in [2.05, 4.69) is 10.6 Å². The summed E-state index contributed by atoms with van der Waals surface area (Å²) < 4.78 is 4.72. The average Bonchev–Trinajstić information content (AvgIpc) is 2.23. The maximum atomic E-state index is 11.4. The Morgan fingerprint density at radius 2 is 2.20 bits per heavy atom. The standard InChI is InChI=1S/C11H14N2O2/c1-15-11(14)9-4-2-3-5-10(9)13-8-6-12-7-8/h2-5,8,12-13H,6-7H2,1H3. The van der Waals surface area contributed by atoms with Crippen LogP contribution in [0, 0.1) is 0 Å². The van der Waals surface area contributed by atoms with E-state index >= 15 is 0 Å². The predicted molar refractivity (Wildman–Crippen MR) is 58.1 cm³/mol. The lowest BCUT2D eigenvalue weighted by atomic mass is 10.1. The first-order valence-electron chi connectivity index (χ1n) is 4.96. The number of para-hydroxylation sites is 1. The van der Waals surface area contributed by atoms with E-state index in [-0.39, 0.29) is 5.97 Å². The first kappa shape index (κ1) is 9.98. The monoisotopic (exact) mass is 206 g/mol. The SMILES string of the molecule is COC(=O)c1ccccc1NC1CNC1. The van der Waals surface area contributed by atoms with Crippen molar-refractivity contribution in [2.75, 3.05) is 25.5 Å². The summed E-state index contributed by atoms with van der Waals surface area (Å²) in [5.41, 5.74) is 1.43. The molecule has 1 aliphatic heterocycles. The second-order valence-corrected chi connectivity index (χ2v) is 3.54. The van der Waals surface area contributed by atoms with Crippen molar-refractivity contribution in [3.05, 3.63) is 29.8 Å². The molecule has 2 rings (SSSR count). The van der Waals surface area contributed by atoms with Crippen molar-refractivity contribution in [3.63, 3.8) is 0 Å². The van der Waals surface area contributed by atoms with Crippen molar-refractivity contribution < 1.29 is 9.53 Å². The zero-order valence-electron chi connectivity index (χ0n) is 8.62. The van der Waals surface area contributed by atoms with Gasteiger partial charge in [-0.15, -0.1) is 0 Å². The Labute approximate surface area is 88.6 Å². The number of hydrogen-bond acceptors (Lipinski definition) is 4. The smallest absolute Gasteiger partial charge is 0.339 e. The second kappa shape index (κ2) is 4.31. The maximum Gasteiger partial charge on any atom is 0.339 e. The summed E-state index contributed by atoms with van der Waals surface area (Å²) in [6, 6.07) is 7.80. The molecule has 80 valence electrons. The molecule has 0 aromatic heterocycles. The minimum atomic E-state index is -0.301. The van der Waals surface area contributed by atoms with E-state index < -0.39 is 0 Å². The van der Waals surface area contributed by atoms with Gasteiger partial charge < -0.3 is 15.4 Å². The number of methoxy groups -OCH3 is 1. The fraction of sp³-hybridized carbons (Fsp3) is 0.364. The normalized spacial score (nSPS) is 15.5. The molecule has 1 saturated heterocycles. The lowest BCUT2D eigenvalue weighted by Crippen LogP contribution is -2.51. The van der Waals surface area contributed by atoms with Crippen molar-refractivity contribution >= 4 is 11.7 Å². The molecule has 1 heterocycles. The summed E-state index contributed by atoms with van der Waals surface area (Å²) in [4.78, 5) is 11.4. The molecule has 0 amide bonds. The Kier molecular flexibility index (Phi) is 2.87. The third kappa shape index (κ3) is 2.10. The lowest BCUT2D eigenvalue weighted by molar-refractivity contribution is 0.0602. The lowest BCUT2D eigenvalue weighted by Gasteiger charge is -2.29. The van der Waals surface area contributed by atoms with Crippen LogP contribution in [0.25, 0.3) is 0 Å². The summed E-state index contributed by atoms with van der Waals surface area (Å²) in [6.07, 6.45) is 0. The maximum absolute atomic E-state index is 11.4. The van der Waals surface area contributed by atoms with E-state index in [1.54, 1.807) is 6.07 Å². The van der Waals surface area contributed by atoms with E-state index in [0.717, 1.165) is 18.8 Å². The first-order chi connectivity index (χ1) is 7.31. The van der Waals surface area contributed by atoms with Crippen LogP contribution >= 0.6 is 0 Å². The van der Waals surface area contributed by atoms with Gasteiger partial charge in [0.1, 0.15) is 0 Å². The van der Waals surface area contributed by atoms with Crippen LogP contribution in [0.15, 0.2) is 24.3 Å². The molecular weight excluding hydrogens is 192 g/mol. The quantitative estimate of drug-likeness (QED) is 0.720. The van der Waals surface area contributed by atoms with E-state index in [1.165, 1.54) is 7.11 Å². The highest BCUT2D eigenvalue weighted by Crippen LogP contribution is 2.17. The Morgan fingerprint density at radius 3 is 2.80 bits per heavy atom. The summed E-state index contributed by atoms with van der Waals surface area (Å²) in [6.45, 7) is 1.88. The summed E-state index contributed by atoms with van der Waals surface area (Å²) >= 11 is 0. The van der Waals surface area contributed by atoms with Crippen molar-refractivity contribution in [2.24, 2.45) is 0 Å². The molecular formula is C11H14N2O2. The number of carbonyl (C=O) groups is 1. The summed E-state index contributed by atoms with van der Waals surface area (Å²) in [5.74, 6) is -0.301. The molecule has 0 saturated carbocycles. The van der Waals surface area contributed by atoms with Gasteiger partial charge in [0.15, 0.2) is 0 Å². The fourth-order valence-corrected chi connectivity index (χ4v) is 1.51. The third-order valence-electron chi connectivity index (χ3n) is 2.47. The molecule has 4 nitrogen and oxygen atoms in total. The number of anilines is 1. The minimum Gasteiger partial charge on any atom is -0.465 e. The van der Waals surface area contributed by atoms with Gasteiger partial charge in [-0.05, 0) is 12.1 Å². The molecule has 2 N–H and O–H groups in total. The third-order valence-corrected chi connectivity index (χ3v) is 2.47. The first-order valence-corrected chi connectivity index (χ1v) is 4.96. The predicted octanol–water partition coefficient (Wildman–Crippen LogP) is 0.857. The number of benzene rings is 1. The van der Waals surface area contributed by atoms with Gasteiger partial charge in [-0.1, -0.05) is 12.1 Å². The van der Waals surface area contributed by atoms with Gasteiger partial charge >= 0.3 is 5.97 Å². The molecule has 1 aromatic carbocycles. The van der Waals surface area contributed by atoms with E-state index in [9.17, 15) is 4.79 Å². The van der Waals surface area contributed by atoms with E-state index in [0.29, 0.717) is 11.6 Å². The Bertz CT molecular complexity index is 361. The zero-order chi connectivity index (χ0) is 10.7. The molecule has 0 atom stereocenters. The van der Waals surface area contributed by atoms with Crippen LogP contribution in [-0.4, -0.2) is 32.2 Å². The highest BCUT2D eigenvalue weighted by Gasteiger charge is 2.19. The minimum absolute atomic E-state index is 0.301. The molecule has 1 aromatic rings. The molecule has 0 radical (unpaired) electrons. The van der Waals surface area contributed by atoms with Gasteiger partial charge in [0.25, 0.3) is 0 Å². The molecule has 4 heteroatoms. The number of carbonyl (C=O) groups excluding carboxylic acids is 1. The Morgan fingerprint density at radius 1 is 1.47 bits per heavy atom.